The van der Waals surface area contributed by atoms with E-state index in [1.165, 1.54) is 31.2 Å². The molecule has 1 fully saturated rings. The molecule has 4 heteroatoms. The summed E-state index contributed by atoms with van der Waals surface area (Å²) < 4.78 is 5.88. The number of amides is 1. The number of hydrogen-bond acceptors (Lipinski definition) is 3. The van der Waals surface area contributed by atoms with Gasteiger partial charge in [0, 0.05) is 12.5 Å². The highest BCUT2D eigenvalue weighted by atomic mass is 16.5. The normalized spacial score (nSPS) is 22.0. The number of carbonyl (C=O) groups excluding carboxylic acids is 1. The first-order valence-corrected chi connectivity index (χ1v) is 9.59. The number of carbonyl (C=O) groups is 1. The molecule has 0 radical (unpaired) electrons. The number of nitrogens with two attached hydrogens (primary N) is 1. The topological polar surface area (TPSA) is 55.6 Å². The molecule has 0 aromatic heterocycles. The highest BCUT2D eigenvalue weighted by Crippen LogP contribution is 2.23. The van der Waals surface area contributed by atoms with Gasteiger partial charge in [0.1, 0.15) is 12.4 Å². The van der Waals surface area contributed by atoms with Gasteiger partial charge in [-0.3, -0.25) is 9.69 Å². The molecule has 3 rings (SSSR count). The van der Waals surface area contributed by atoms with Crippen LogP contribution >= 0.6 is 0 Å². The first kappa shape index (κ1) is 18.0. The van der Waals surface area contributed by atoms with Crippen molar-refractivity contribution in [3.63, 3.8) is 0 Å². The van der Waals surface area contributed by atoms with Crippen LogP contribution in [0.2, 0.25) is 0 Å². The Labute approximate surface area is 151 Å². The molecular formula is C21H30N2O2. The van der Waals surface area contributed by atoms with Gasteiger partial charge in [-0.25, -0.2) is 0 Å². The lowest BCUT2D eigenvalue weighted by Crippen LogP contribution is -2.40. The Hall–Kier alpha value is -1.81. The van der Waals surface area contributed by atoms with Crippen LogP contribution in [-0.4, -0.2) is 37.0 Å². The molecule has 0 bridgehead atoms. The van der Waals surface area contributed by atoms with E-state index >= 15 is 0 Å². The molecule has 2 N–H and O–H groups in total. The number of primary amides is 1. The van der Waals surface area contributed by atoms with Crippen molar-refractivity contribution < 1.29 is 9.53 Å². The molecule has 1 aliphatic carbocycles. The average Bonchev–Trinajstić information content (AvgIpc) is 2.64. The van der Waals surface area contributed by atoms with Gasteiger partial charge in [-0.15, -0.1) is 0 Å². The number of allylic oxidation sites excluding steroid dienone is 2. The summed E-state index contributed by atoms with van der Waals surface area (Å²) in [6, 6.07) is 8.58. The third-order valence-electron chi connectivity index (χ3n) is 5.49. The number of hydrogen-bond donors (Lipinski definition) is 1. The summed E-state index contributed by atoms with van der Waals surface area (Å²) in [6.07, 6.45) is 11.3. The predicted molar refractivity (Wildman–Crippen MR) is 100 cm³/mol. The highest BCUT2D eigenvalue weighted by molar-refractivity contribution is 5.76. The number of piperidine rings is 1. The first-order chi connectivity index (χ1) is 12.2. The lowest BCUT2D eigenvalue weighted by Gasteiger charge is -2.30. The average molecular weight is 342 g/mol. The molecule has 25 heavy (non-hydrogen) atoms. The maximum absolute atomic E-state index is 11.2. The van der Waals surface area contributed by atoms with Crippen LogP contribution in [0.3, 0.4) is 0 Å². The molecule has 0 saturated carbocycles. The van der Waals surface area contributed by atoms with E-state index in [9.17, 15) is 4.79 Å². The molecule has 2 aliphatic rings. The van der Waals surface area contributed by atoms with E-state index in [1.54, 1.807) is 0 Å². The van der Waals surface area contributed by atoms with Crippen LogP contribution in [0.4, 0.5) is 0 Å². The second kappa shape index (κ2) is 9.04. The monoisotopic (exact) mass is 342 g/mol. The summed E-state index contributed by atoms with van der Waals surface area (Å²) in [5.41, 5.74) is 6.78. The third kappa shape index (κ3) is 5.60. The van der Waals surface area contributed by atoms with E-state index in [2.05, 4.69) is 41.3 Å². The fourth-order valence-electron chi connectivity index (χ4n) is 3.83. The molecule has 4 nitrogen and oxygen atoms in total. The van der Waals surface area contributed by atoms with Gasteiger partial charge in [-0.1, -0.05) is 24.3 Å². The summed E-state index contributed by atoms with van der Waals surface area (Å²) in [5, 5.41) is 0. The second-order valence-electron chi connectivity index (χ2n) is 7.37. The van der Waals surface area contributed by atoms with Crippen molar-refractivity contribution in [2.45, 2.75) is 38.5 Å². The number of benzene rings is 1. The maximum atomic E-state index is 11.2. The highest BCUT2D eigenvalue weighted by Gasteiger charge is 2.22. The van der Waals surface area contributed by atoms with Crippen LogP contribution in [0.15, 0.2) is 36.4 Å². The van der Waals surface area contributed by atoms with Crippen LogP contribution in [0.25, 0.3) is 0 Å². The van der Waals surface area contributed by atoms with Crippen LogP contribution in [-0.2, 0) is 11.2 Å². The fourth-order valence-corrected chi connectivity index (χ4v) is 3.83. The minimum atomic E-state index is -0.153. The predicted octanol–water partition coefficient (Wildman–Crippen LogP) is 3.16. The molecule has 136 valence electrons. The number of rotatable bonds is 7. The summed E-state index contributed by atoms with van der Waals surface area (Å²) in [7, 11) is 0. The Morgan fingerprint density at radius 2 is 1.88 bits per heavy atom. The Kier molecular flexibility index (Phi) is 6.51. The second-order valence-corrected chi connectivity index (χ2v) is 7.37. The van der Waals surface area contributed by atoms with Gasteiger partial charge in [0.25, 0.3) is 0 Å². The van der Waals surface area contributed by atoms with Gasteiger partial charge in [-0.2, -0.15) is 0 Å². The van der Waals surface area contributed by atoms with E-state index in [0.717, 1.165) is 44.1 Å². The minimum absolute atomic E-state index is 0.0596. The van der Waals surface area contributed by atoms with Crippen molar-refractivity contribution in [3.05, 3.63) is 42.0 Å². The van der Waals surface area contributed by atoms with E-state index in [1.807, 2.05) is 0 Å². The summed E-state index contributed by atoms with van der Waals surface area (Å²) in [6.45, 7) is 3.47. The van der Waals surface area contributed by atoms with Gasteiger partial charge in [0.15, 0.2) is 0 Å². The van der Waals surface area contributed by atoms with Crippen LogP contribution < -0.4 is 10.5 Å². The molecule has 1 amide bonds. The molecule has 1 atom stereocenters. The SMILES string of the molecule is NC(=O)C1CCN(CCOc2ccc(CC3CC=CCC3)cc2)CC1. The first-order valence-electron chi connectivity index (χ1n) is 9.59. The van der Waals surface area contributed by atoms with E-state index < -0.39 is 0 Å². The Morgan fingerprint density at radius 3 is 2.52 bits per heavy atom. The third-order valence-corrected chi connectivity index (χ3v) is 5.49. The van der Waals surface area contributed by atoms with Gasteiger partial charge in [0.2, 0.25) is 5.91 Å². The van der Waals surface area contributed by atoms with Crippen molar-refractivity contribution in [3.8, 4) is 5.75 Å². The molecule has 1 aliphatic heterocycles. The number of ether oxygens (including phenoxy) is 1. The van der Waals surface area contributed by atoms with Crippen molar-refractivity contribution in [1.82, 2.24) is 4.90 Å². The van der Waals surface area contributed by atoms with Gasteiger partial charge in [-0.05, 0) is 75.2 Å². The molecule has 1 heterocycles. The van der Waals surface area contributed by atoms with E-state index in [-0.39, 0.29) is 11.8 Å². The van der Waals surface area contributed by atoms with Crippen LogP contribution in [0, 0.1) is 11.8 Å². The van der Waals surface area contributed by atoms with Gasteiger partial charge < -0.3 is 10.5 Å². The zero-order chi connectivity index (χ0) is 17.5. The number of likely N-dealkylation sites (tertiary alicyclic amines) is 1. The maximum Gasteiger partial charge on any atom is 0.220 e. The Bertz CT molecular complexity index is 574. The summed E-state index contributed by atoms with van der Waals surface area (Å²) in [5.74, 6) is 1.64. The standard InChI is InChI=1S/C21H30N2O2/c22-21(24)19-10-12-23(13-11-19)14-15-25-20-8-6-18(7-9-20)16-17-4-2-1-3-5-17/h1-2,6-9,17,19H,3-5,10-16H2,(H2,22,24). The van der Waals surface area contributed by atoms with Gasteiger partial charge in [0.05, 0.1) is 0 Å². The fraction of sp³-hybridized carbons (Fsp3) is 0.571. The van der Waals surface area contributed by atoms with Gasteiger partial charge >= 0.3 is 0 Å². The number of nitrogens with zero attached hydrogens (tertiary/aromatic N) is 1. The molecule has 1 aromatic rings. The lowest BCUT2D eigenvalue weighted by atomic mass is 9.89. The molecule has 0 spiro atoms. The summed E-state index contributed by atoms with van der Waals surface area (Å²) in [4.78, 5) is 13.5. The molecule has 1 saturated heterocycles. The summed E-state index contributed by atoms with van der Waals surface area (Å²) >= 11 is 0. The molecular weight excluding hydrogens is 312 g/mol. The molecule has 1 aromatic carbocycles. The van der Waals surface area contributed by atoms with Crippen molar-refractivity contribution >= 4 is 5.91 Å². The lowest BCUT2D eigenvalue weighted by molar-refractivity contribution is -0.123. The van der Waals surface area contributed by atoms with Crippen molar-refractivity contribution in [2.75, 3.05) is 26.2 Å². The van der Waals surface area contributed by atoms with E-state index in [0.29, 0.717) is 6.61 Å². The molecule has 1 unspecified atom stereocenters. The Morgan fingerprint density at radius 1 is 1.12 bits per heavy atom. The van der Waals surface area contributed by atoms with Crippen LogP contribution in [0.5, 0.6) is 5.75 Å². The van der Waals surface area contributed by atoms with Crippen molar-refractivity contribution in [1.29, 1.82) is 0 Å². The minimum Gasteiger partial charge on any atom is -0.492 e. The smallest absolute Gasteiger partial charge is 0.220 e. The van der Waals surface area contributed by atoms with Crippen LogP contribution in [0.1, 0.15) is 37.7 Å². The zero-order valence-corrected chi connectivity index (χ0v) is 15.0. The largest absolute Gasteiger partial charge is 0.492 e. The Balaban J connectivity index is 1.36. The quantitative estimate of drug-likeness (QED) is 0.775. The van der Waals surface area contributed by atoms with Crippen molar-refractivity contribution in [2.24, 2.45) is 17.6 Å². The zero-order valence-electron chi connectivity index (χ0n) is 15.0. The van der Waals surface area contributed by atoms with E-state index in [4.69, 9.17) is 10.5 Å².